The number of nitrogens with two attached hydrogens (primary N) is 1. The predicted molar refractivity (Wildman–Crippen MR) is 56.5 cm³/mol. The van der Waals surface area contributed by atoms with Gasteiger partial charge in [-0.05, 0) is 6.42 Å². The molecule has 16 heavy (non-hydrogen) atoms. The molecule has 4 N–H and O–H groups in total. The minimum atomic E-state index is -0.458. The van der Waals surface area contributed by atoms with Gasteiger partial charge in [-0.1, -0.05) is 0 Å². The normalized spacial score (nSPS) is 20.2. The number of H-pyrrole nitrogens is 1. The molecule has 1 aromatic heterocycles. The Morgan fingerprint density at radius 1 is 1.75 bits per heavy atom. The van der Waals surface area contributed by atoms with Crippen LogP contribution in [0.15, 0.2) is 6.20 Å². The van der Waals surface area contributed by atoms with Crippen molar-refractivity contribution in [3.63, 3.8) is 0 Å². The Bertz CT molecular complexity index is 427. The SMILES string of the molecule is CN1CCC(NC(=O)c2[nH]ncc2N)C1=O. The molecule has 0 saturated carbocycles. The number of nitrogen functional groups attached to an aromatic ring is 1. The van der Waals surface area contributed by atoms with Crippen molar-refractivity contribution in [2.24, 2.45) is 0 Å². The van der Waals surface area contributed by atoms with Gasteiger partial charge in [0.1, 0.15) is 11.7 Å². The summed E-state index contributed by atoms with van der Waals surface area (Å²) in [7, 11) is 1.71. The van der Waals surface area contributed by atoms with E-state index in [1.165, 1.54) is 6.20 Å². The van der Waals surface area contributed by atoms with Crippen LogP contribution in [0.5, 0.6) is 0 Å². The van der Waals surface area contributed by atoms with Gasteiger partial charge in [0, 0.05) is 13.6 Å². The number of amides is 2. The van der Waals surface area contributed by atoms with E-state index in [1.54, 1.807) is 11.9 Å². The molecule has 0 aromatic carbocycles. The maximum Gasteiger partial charge on any atom is 0.272 e. The molecule has 0 aliphatic carbocycles. The lowest BCUT2D eigenvalue weighted by Crippen LogP contribution is -2.40. The van der Waals surface area contributed by atoms with E-state index in [9.17, 15) is 9.59 Å². The Kier molecular flexibility index (Phi) is 2.51. The Hall–Kier alpha value is -2.05. The van der Waals surface area contributed by atoms with Gasteiger partial charge in [0.25, 0.3) is 5.91 Å². The number of carbonyl (C=O) groups excluding carboxylic acids is 2. The molecule has 1 fully saturated rings. The summed E-state index contributed by atoms with van der Waals surface area (Å²) in [4.78, 5) is 24.8. The number of hydrogen-bond acceptors (Lipinski definition) is 4. The number of likely N-dealkylation sites (N-methyl/N-ethyl adjacent to an activating group) is 1. The average molecular weight is 223 g/mol. The summed E-state index contributed by atoms with van der Waals surface area (Å²) in [6.45, 7) is 0.655. The van der Waals surface area contributed by atoms with Gasteiger partial charge in [0.15, 0.2) is 0 Å². The van der Waals surface area contributed by atoms with E-state index in [0.717, 1.165) is 0 Å². The van der Waals surface area contributed by atoms with E-state index < -0.39 is 11.9 Å². The maximum absolute atomic E-state index is 11.7. The number of aromatic amines is 1. The maximum atomic E-state index is 11.7. The van der Waals surface area contributed by atoms with E-state index in [1.807, 2.05) is 0 Å². The van der Waals surface area contributed by atoms with Crippen molar-refractivity contribution in [3.8, 4) is 0 Å². The standard InChI is InChI=1S/C9H13N5O2/c1-14-3-2-6(9(14)16)12-8(15)7-5(10)4-11-13-7/h4,6H,2-3,10H2,1H3,(H,11,13)(H,12,15). The zero-order chi connectivity index (χ0) is 11.7. The zero-order valence-electron chi connectivity index (χ0n) is 8.86. The molecule has 1 atom stereocenters. The second-order valence-electron chi connectivity index (χ2n) is 3.77. The van der Waals surface area contributed by atoms with Crippen LogP contribution in [0.3, 0.4) is 0 Å². The number of carbonyl (C=O) groups is 2. The van der Waals surface area contributed by atoms with Gasteiger partial charge < -0.3 is 16.0 Å². The van der Waals surface area contributed by atoms with Crippen LogP contribution in [-0.2, 0) is 4.79 Å². The molecule has 7 heteroatoms. The Balaban J connectivity index is 2.04. The summed E-state index contributed by atoms with van der Waals surface area (Å²) < 4.78 is 0. The van der Waals surface area contributed by atoms with Crippen LogP contribution in [0.25, 0.3) is 0 Å². The van der Waals surface area contributed by atoms with E-state index in [4.69, 9.17) is 5.73 Å². The summed E-state index contributed by atoms with van der Waals surface area (Å²) in [5.74, 6) is -0.477. The third-order valence-electron chi connectivity index (χ3n) is 2.63. The van der Waals surface area contributed by atoms with Crippen molar-refractivity contribution in [2.75, 3.05) is 19.3 Å². The van der Waals surface area contributed by atoms with Crippen molar-refractivity contribution < 1.29 is 9.59 Å². The highest BCUT2D eigenvalue weighted by Crippen LogP contribution is 2.11. The third kappa shape index (κ3) is 1.71. The smallest absolute Gasteiger partial charge is 0.272 e. The van der Waals surface area contributed by atoms with Gasteiger partial charge in [0.2, 0.25) is 5.91 Å². The van der Waals surface area contributed by atoms with Gasteiger partial charge in [0.05, 0.1) is 11.9 Å². The quantitative estimate of drug-likeness (QED) is 0.595. The zero-order valence-corrected chi connectivity index (χ0v) is 8.86. The van der Waals surface area contributed by atoms with Gasteiger partial charge in [-0.25, -0.2) is 0 Å². The highest BCUT2D eigenvalue weighted by molar-refractivity contribution is 5.99. The monoisotopic (exact) mass is 223 g/mol. The number of hydrogen-bond donors (Lipinski definition) is 3. The molecule has 0 spiro atoms. The van der Waals surface area contributed by atoms with Crippen LogP contribution in [-0.4, -0.2) is 46.5 Å². The first-order valence-electron chi connectivity index (χ1n) is 4.94. The van der Waals surface area contributed by atoms with Crippen molar-refractivity contribution >= 4 is 17.5 Å². The molecular weight excluding hydrogens is 210 g/mol. The number of rotatable bonds is 2. The van der Waals surface area contributed by atoms with Crippen LogP contribution in [0.4, 0.5) is 5.69 Å². The second kappa shape index (κ2) is 3.84. The third-order valence-corrected chi connectivity index (χ3v) is 2.63. The summed E-state index contributed by atoms with van der Waals surface area (Å²) >= 11 is 0. The number of nitrogens with one attached hydrogen (secondary N) is 2. The summed E-state index contributed by atoms with van der Waals surface area (Å²) in [5, 5.41) is 8.76. The van der Waals surface area contributed by atoms with E-state index in [-0.39, 0.29) is 17.3 Å². The van der Waals surface area contributed by atoms with Gasteiger partial charge in [-0.2, -0.15) is 5.10 Å². The van der Waals surface area contributed by atoms with Gasteiger partial charge in [-0.15, -0.1) is 0 Å². The molecule has 1 aromatic rings. The molecule has 1 aliphatic heterocycles. The molecule has 1 aliphatic rings. The van der Waals surface area contributed by atoms with Crippen LogP contribution < -0.4 is 11.1 Å². The Labute approximate surface area is 92.0 Å². The number of nitrogens with zero attached hydrogens (tertiary/aromatic N) is 2. The highest BCUT2D eigenvalue weighted by atomic mass is 16.2. The fourth-order valence-electron chi connectivity index (χ4n) is 1.66. The topological polar surface area (TPSA) is 104 Å². The van der Waals surface area contributed by atoms with E-state index in [0.29, 0.717) is 13.0 Å². The van der Waals surface area contributed by atoms with Crippen molar-refractivity contribution in [1.82, 2.24) is 20.4 Å². The fraction of sp³-hybridized carbons (Fsp3) is 0.444. The first-order valence-corrected chi connectivity index (χ1v) is 4.94. The molecular formula is C9H13N5O2. The molecule has 86 valence electrons. The van der Waals surface area contributed by atoms with Crippen molar-refractivity contribution in [2.45, 2.75) is 12.5 Å². The molecule has 7 nitrogen and oxygen atoms in total. The number of anilines is 1. The first-order chi connectivity index (χ1) is 7.59. The van der Waals surface area contributed by atoms with Crippen LogP contribution in [0, 0.1) is 0 Å². The first kappa shape index (κ1) is 10.5. The molecule has 2 rings (SSSR count). The predicted octanol–water partition coefficient (Wildman–Crippen LogP) is -1.05. The average Bonchev–Trinajstić information content (AvgIpc) is 2.79. The van der Waals surface area contributed by atoms with Gasteiger partial charge in [-0.3, -0.25) is 14.7 Å². The Morgan fingerprint density at radius 3 is 3.00 bits per heavy atom. The van der Waals surface area contributed by atoms with Crippen molar-refractivity contribution in [1.29, 1.82) is 0 Å². The lowest BCUT2D eigenvalue weighted by molar-refractivity contribution is -0.128. The lowest BCUT2D eigenvalue weighted by atomic mass is 10.2. The van der Waals surface area contributed by atoms with Gasteiger partial charge >= 0.3 is 0 Å². The number of likely N-dealkylation sites (tertiary alicyclic amines) is 1. The van der Waals surface area contributed by atoms with E-state index >= 15 is 0 Å². The molecule has 1 unspecified atom stereocenters. The van der Waals surface area contributed by atoms with Crippen LogP contribution in [0.1, 0.15) is 16.9 Å². The Morgan fingerprint density at radius 2 is 2.50 bits per heavy atom. The molecule has 2 heterocycles. The molecule has 0 radical (unpaired) electrons. The summed E-state index contributed by atoms with van der Waals surface area (Å²) in [6.07, 6.45) is 1.98. The minimum absolute atomic E-state index is 0.0774. The largest absolute Gasteiger partial charge is 0.396 e. The second-order valence-corrected chi connectivity index (χ2v) is 3.77. The van der Waals surface area contributed by atoms with Crippen LogP contribution >= 0.6 is 0 Å². The highest BCUT2D eigenvalue weighted by Gasteiger charge is 2.31. The molecule has 2 amide bonds. The summed E-state index contributed by atoms with van der Waals surface area (Å²) in [5.41, 5.74) is 6.00. The number of aromatic nitrogens is 2. The van der Waals surface area contributed by atoms with Crippen LogP contribution in [0.2, 0.25) is 0 Å². The minimum Gasteiger partial charge on any atom is -0.396 e. The van der Waals surface area contributed by atoms with Crippen molar-refractivity contribution in [3.05, 3.63) is 11.9 Å². The molecule has 0 bridgehead atoms. The molecule has 1 saturated heterocycles. The lowest BCUT2D eigenvalue weighted by Gasteiger charge is -2.11. The summed E-state index contributed by atoms with van der Waals surface area (Å²) in [6, 6.07) is -0.458. The van der Waals surface area contributed by atoms with E-state index in [2.05, 4.69) is 15.5 Å². The fourth-order valence-corrected chi connectivity index (χ4v) is 1.66.